The Labute approximate surface area is 170 Å². The van der Waals surface area contributed by atoms with Gasteiger partial charge >= 0.3 is 6.18 Å². The quantitative estimate of drug-likeness (QED) is 0.659. The molecule has 1 aliphatic rings. The number of hydrogen-bond donors (Lipinski definition) is 2. The zero-order chi connectivity index (χ0) is 21.4. The summed E-state index contributed by atoms with van der Waals surface area (Å²) in [6, 6.07) is 11.7. The number of anilines is 1. The smallest absolute Gasteiger partial charge is 0.383 e. The number of methoxy groups -OCH3 is 1. The average molecular weight is 419 g/mol. The van der Waals surface area contributed by atoms with Crippen molar-refractivity contribution in [3.63, 3.8) is 0 Å². The van der Waals surface area contributed by atoms with E-state index in [-0.39, 0.29) is 19.8 Å². The van der Waals surface area contributed by atoms with Gasteiger partial charge in [-0.2, -0.15) is 13.2 Å². The second-order valence-electron chi connectivity index (χ2n) is 7.27. The molecule has 0 aliphatic carbocycles. The molecule has 0 amide bonds. The maximum Gasteiger partial charge on any atom is 0.416 e. The molecule has 2 N–H and O–H groups in total. The SMILES string of the molecule is COCC1(O)COCC1Nc1nnc(-c2ccc(C(F)(F)F)cc2)c2ccccc12. The molecule has 0 radical (unpaired) electrons. The van der Waals surface area contributed by atoms with Crippen LogP contribution in [-0.2, 0) is 15.7 Å². The molecule has 9 heteroatoms. The van der Waals surface area contributed by atoms with Crippen molar-refractivity contribution in [1.82, 2.24) is 10.2 Å². The third-order valence-electron chi connectivity index (χ3n) is 5.16. The second kappa shape index (κ2) is 7.82. The highest BCUT2D eigenvalue weighted by atomic mass is 19.4. The first-order valence-corrected chi connectivity index (χ1v) is 9.30. The van der Waals surface area contributed by atoms with Gasteiger partial charge < -0.3 is 19.9 Å². The molecular formula is C21H20F3N3O3. The highest BCUT2D eigenvalue weighted by Crippen LogP contribution is 2.34. The molecule has 30 heavy (non-hydrogen) atoms. The van der Waals surface area contributed by atoms with Crippen molar-refractivity contribution >= 4 is 16.6 Å². The molecule has 0 spiro atoms. The number of hydrogen-bond acceptors (Lipinski definition) is 6. The van der Waals surface area contributed by atoms with Gasteiger partial charge in [-0.25, -0.2) is 0 Å². The Balaban J connectivity index is 1.70. The van der Waals surface area contributed by atoms with Crippen LogP contribution < -0.4 is 5.32 Å². The first kappa shape index (κ1) is 20.5. The first-order valence-electron chi connectivity index (χ1n) is 9.30. The van der Waals surface area contributed by atoms with Crippen LogP contribution in [0.3, 0.4) is 0 Å². The van der Waals surface area contributed by atoms with Crippen molar-refractivity contribution in [1.29, 1.82) is 0 Å². The molecule has 2 aromatic carbocycles. The van der Waals surface area contributed by atoms with E-state index >= 15 is 0 Å². The number of alkyl halides is 3. The fourth-order valence-electron chi connectivity index (χ4n) is 3.58. The summed E-state index contributed by atoms with van der Waals surface area (Å²) in [7, 11) is 1.50. The number of benzene rings is 2. The van der Waals surface area contributed by atoms with Gasteiger partial charge in [0.2, 0.25) is 0 Å². The van der Waals surface area contributed by atoms with Crippen molar-refractivity contribution in [2.75, 3.05) is 32.2 Å². The van der Waals surface area contributed by atoms with E-state index < -0.39 is 23.4 Å². The molecule has 0 saturated carbocycles. The molecule has 1 fully saturated rings. The normalized spacial score (nSPS) is 21.8. The highest BCUT2D eigenvalue weighted by Gasteiger charge is 2.43. The van der Waals surface area contributed by atoms with E-state index in [2.05, 4.69) is 15.5 Å². The number of aliphatic hydroxyl groups is 1. The minimum absolute atomic E-state index is 0.0969. The van der Waals surface area contributed by atoms with E-state index in [9.17, 15) is 18.3 Å². The van der Waals surface area contributed by atoms with Crippen LogP contribution in [0.2, 0.25) is 0 Å². The summed E-state index contributed by atoms with van der Waals surface area (Å²) >= 11 is 0. The second-order valence-corrected chi connectivity index (χ2v) is 7.27. The van der Waals surface area contributed by atoms with Crippen LogP contribution in [0.5, 0.6) is 0 Å². The summed E-state index contributed by atoms with van der Waals surface area (Å²) in [5.41, 5.74) is -0.928. The molecular weight excluding hydrogens is 399 g/mol. The number of nitrogens with zero attached hydrogens (tertiary/aromatic N) is 2. The van der Waals surface area contributed by atoms with Crippen molar-refractivity contribution in [2.24, 2.45) is 0 Å². The summed E-state index contributed by atoms with van der Waals surface area (Å²) in [4.78, 5) is 0. The van der Waals surface area contributed by atoms with Gasteiger partial charge in [0.05, 0.1) is 31.4 Å². The summed E-state index contributed by atoms with van der Waals surface area (Å²) < 4.78 is 49.1. The van der Waals surface area contributed by atoms with E-state index in [0.717, 1.165) is 22.9 Å². The summed E-state index contributed by atoms with van der Waals surface area (Å²) in [5, 5.41) is 23.9. The average Bonchev–Trinajstić information content (AvgIpc) is 3.08. The standard InChI is InChI=1S/C21H20F3N3O3/c1-29-11-20(28)12-30-10-17(20)25-19-16-5-3-2-4-15(16)18(26-27-19)13-6-8-14(9-7-13)21(22,23)24/h2-9,17,28H,10-12H2,1H3,(H,25,27). The van der Waals surface area contributed by atoms with Crippen LogP contribution >= 0.6 is 0 Å². The molecule has 3 aromatic rings. The zero-order valence-electron chi connectivity index (χ0n) is 16.1. The molecule has 2 atom stereocenters. The maximum absolute atomic E-state index is 12.9. The molecule has 2 heterocycles. The minimum atomic E-state index is -4.40. The van der Waals surface area contributed by atoms with Crippen molar-refractivity contribution < 1.29 is 27.8 Å². The fraction of sp³-hybridized carbons (Fsp3) is 0.333. The van der Waals surface area contributed by atoms with Gasteiger partial charge in [-0.3, -0.25) is 0 Å². The maximum atomic E-state index is 12.9. The largest absolute Gasteiger partial charge is 0.416 e. The van der Waals surface area contributed by atoms with Crippen molar-refractivity contribution in [3.8, 4) is 11.3 Å². The highest BCUT2D eigenvalue weighted by molar-refractivity contribution is 6.00. The lowest BCUT2D eigenvalue weighted by Crippen LogP contribution is -2.49. The number of fused-ring (bicyclic) bond motifs is 1. The van der Waals surface area contributed by atoms with E-state index in [1.807, 2.05) is 24.3 Å². The van der Waals surface area contributed by atoms with Crippen molar-refractivity contribution in [2.45, 2.75) is 17.8 Å². The van der Waals surface area contributed by atoms with Crippen molar-refractivity contribution in [3.05, 3.63) is 54.1 Å². The molecule has 1 aromatic heterocycles. The molecule has 0 bridgehead atoms. The van der Waals surface area contributed by atoms with Gasteiger partial charge in [0.15, 0.2) is 5.82 Å². The van der Waals surface area contributed by atoms with E-state index in [0.29, 0.717) is 17.1 Å². The number of aromatic nitrogens is 2. The van der Waals surface area contributed by atoms with Crippen LogP contribution in [-0.4, -0.2) is 53.9 Å². The molecule has 6 nitrogen and oxygen atoms in total. The lowest BCUT2D eigenvalue weighted by molar-refractivity contribution is -0.137. The van der Waals surface area contributed by atoms with E-state index in [1.54, 1.807) is 0 Å². The lowest BCUT2D eigenvalue weighted by Gasteiger charge is -2.28. The predicted molar refractivity (Wildman–Crippen MR) is 105 cm³/mol. The molecule has 4 rings (SSSR count). The Morgan fingerprint density at radius 2 is 1.83 bits per heavy atom. The zero-order valence-corrected chi connectivity index (χ0v) is 16.1. The van der Waals surface area contributed by atoms with E-state index in [4.69, 9.17) is 9.47 Å². The number of halogens is 3. The Kier molecular flexibility index (Phi) is 5.35. The lowest BCUT2D eigenvalue weighted by atomic mass is 9.98. The van der Waals surface area contributed by atoms with E-state index in [1.165, 1.54) is 19.2 Å². The Morgan fingerprint density at radius 3 is 2.50 bits per heavy atom. The van der Waals surface area contributed by atoms with Crippen LogP contribution in [0.25, 0.3) is 22.0 Å². The Hall–Kier alpha value is -2.75. The summed E-state index contributed by atoms with van der Waals surface area (Å²) in [6.45, 7) is 0.504. The van der Waals surface area contributed by atoms with Gasteiger partial charge in [0.1, 0.15) is 11.3 Å². The van der Waals surface area contributed by atoms with Crippen LogP contribution in [0.1, 0.15) is 5.56 Å². The Morgan fingerprint density at radius 1 is 1.13 bits per heavy atom. The number of ether oxygens (including phenoxy) is 2. The Bertz CT molecular complexity index is 1040. The number of rotatable bonds is 5. The monoisotopic (exact) mass is 419 g/mol. The van der Waals surface area contributed by atoms with Gasteiger partial charge in [0, 0.05) is 23.4 Å². The third kappa shape index (κ3) is 3.83. The van der Waals surface area contributed by atoms with Gasteiger partial charge in [-0.15, -0.1) is 10.2 Å². The van der Waals surface area contributed by atoms with Gasteiger partial charge in [-0.1, -0.05) is 36.4 Å². The van der Waals surface area contributed by atoms with Crippen LogP contribution in [0.15, 0.2) is 48.5 Å². The molecule has 2 unspecified atom stereocenters. The third-order valence-corrected chi connectivity index (χ3v) is 5.16. The van der Waals surface area contributed by atoms with Crippen LogP contribution in [0, 0.1) is 0 Å². The summed E-state index contributed by atoms with van der Waals surface area (Å²) in [5.74, 6) is 0.450. The predicted octanol–water partition coefficient (Wildman–Crippen LogP) is 3.50. The topological polar surface area (TPSA) is 76.5 Å². The molecule has 1 saturated heterocycles. The molecule has 158 valence electrons. The van der Waals surface area contributed by atoms with Gasteiger partial charge in [0.25, 0.3) is 0 Å². The van der Waals surface area contributed by atoms with Crippen LogP contribution in [0.4, 0.5) is 19.0 Å². The number of nitrogens with one attached hydrogen (secondary N) is 1. The first-order chi connectivity index (χ1) is 14.3. The fourth-order valence-corrected chi connectivity index (χ4v) is 3.58. The summed E-state index contributed by atoms with van der Waals surface area (Å²) in [6.07, 6.45) is -4.40. The minimum Gasteiger partial charge on any atom is -0.383 e. The van der Waals surface area contributed by atoms with Gasteiger partial charge in [-0.05, 0) is 12.1 Å². The molecule has 1 aliphatic heterocycles.